The van der Waals surface area contributed by atoms with E-state index in [1.807, 2.05) is 19.9 Å². The minimum absolute atomic E-state index is 0.130. The molecule has 4 rings (SSSR count). The van der Waals surface area contributed by atoms with E-state index in [-0.39, 0.29) is 17.4 Å². The van der Waals surface area contributed by atoms with Crippen LogP contribution in [0, 0.1) is 11.6 Å². The molecule has 0 saturated carbocycles. The maximum Gasteiger partial charge on any atom is 0.136 e. The number of rotatable bonds is 4. The largest absolute Gasteiger partial charge is 0.508 e. The first-order chi connectivity index (χ1) is 14.0. The second kappa shape index (κ2) is 7.70. The topological polar surface area (TPSA) is 29.5 Å². The smallest absolute Gasteiger partial charge is 0.136 e. The van der Waals surface area contributed by atoms with Gasteiger partial charge < -0.3 is 9.84 Å². The summed E-state index contributed by atoms with van der Waals surface area (Å²) in [5, 5.41) is 10.7. The van der Waals surface area contributed by atoms with Crippen molar-refractivity contribution in [2.75, 3.05) is 0 Å². The van der Waals surface area contributed by atoms with Crippen LogP contribution in [0.4, 0.5) is 8.78 Å². The number of benzene rings is 3. The van der Waals surface area contributed by atoms with Gasteiger partial charge in [0, 0.05) is 21.6 Å². The highest BCUT2D eigenvalue weighted by molar-refractivity contribution is 5.85. The fourth-order valence-electron chi connectivity index (χ4n) is 3.76. The Morgan fingerprint density at radius 3 is 2.38 bits per heavy atom. The summed E-state index contributed by atoms with van der Waals surface area (Å²) in [6, 6.07) is 13.0. The number of fused-ring (bicyclic) bond motifs is 2. The highest BCUT2D eigenvalue weighted by atomic mass is 19.1. The zero-order chi connectivity index (χ0) is 20.5. The number of phenolic OH excluding ortho intramolecular Hbond substituents is 1. The summed E-state index contributed by atoms with van der Waals surface area (Å²) >= 11 is 0. The molecule has 0 atom stereocenters. The second-order valence-electron chi connectivity index (χ2n) is 7.20. The van der Waals surface area contributed by atoms with E-state index in [0.717, 1.165) is 12.0 Å². The number of hydrogen-bond acceptors (Lipinski definition) is 2. The Kier molecular flexibility index (Phi) is 5.10. The van der Waals surface area contributed by atoms with E-state index >= 15 is 0 Å². The normalized spacial score (nSPS) is 13.1. The summed E-state index contributed by atoms with van der Waals surface area (Å²) in [5.74, 6) is 0.572. The molecule has 0 aromatic heterocycles. The Bertz CT molecular complexity index is 1190. The molecule has 0 saturated heterocycles. The lowest BCUT2D eigenvalue weighted by atomic mass is 9.91. The lowest BCUT2D eigenvalue weighted by Gasteiger charge is -2.22. The monoisotopic (exact) mass is 392 g/mol. The lowest BCUT2D eigenvalue weighted by molar-refractivity contribution is 0.465. The first kappa shape index (κ1) is 19.2. The molecule has 0 aliphatic carbocycles. The van der Waals surface area contributed by atoms with Crippen LogP contribution in [0.2, 0.25) is 0 Å². The highest BCUT2D eigenvalue weighted by Gasteiger charge is 2.23. The van der Waals surface area contributed by atoms with Crippen LogP contribution in [0.1, 0.15) is 43.4 Å². The molecule has 1 heterocycles. The number of aromatic hydroxyl groups is 1. The van der Waals surface area contributed by atoms with Gasteiger partial charge in [-0.1, -0.05) is 38.5 Å². The van der Waals surface area contributed by atoms with Crippen LogP contribution in [-0.2, 0) is 6.42 Å². The summed E-state index contributed by atoms with van der Waals surface area (Å²) < 4.78 is 35.6. The van der Waals surface area contributed by atoms with Gasteiger partial charge in [0.05, 0.1) is 0 Å². The van der Waals surface area contributed by atoms with Gasteiger partial charge in [0.25, 0.3) is 0 Å². The summed E-state index contributed by atoms with van der Waals surface area (Å²) in [4.78, 5) is 0. The fourth-order valence-corrected chi connectivity index (χ4v) is 3.76. The minimum Gasteiger partial charge on any atom is -0.508 e. The number of halogens is 2. The van der Waals surface area contributed by atoms with Crippen molar-refractivity contribution in [1.29, 1.82) is 0 Å². The molecule has 1 N–H and O–H groups in total. The number of hydrogen-bond donors (Lipinski definition) is 1. The van der Waals surface area contributed by atoms with Crippen LogP contribution < -0.4 is 15.2 Å². The predicted octanol–water partition coefficient (Wildman–Crippen LogP) is 5.17. The van der Waals surface area contributed by atoms with Crippen LogP contribution in [0.15, 0.2) is 48.5 Å². The standard InChI is InChI=1S/C25H22F2O2/c1-3-5-16-11-23-19(13-21(16)26)25(15-7-9-18(28)10-8-15)20-14-22(27)17(6-4-2)12-24(20)29-23/h5,7-14,28H,3-4,6H2,1-2H3/b16-5-. The van der Waals surface area contributed by atoms with Crippen LogP contribution in [0.5, 0.6) is 17.2 Å². The Morgan fingerprint density at radius 1 is 0.931 bits per heavy atom. The van der Waals surface area contributed by atoms with E-state index < -0.39 is 0 Å². The van der Waals surface area contributed by atoms with Crippen molar-refractivity contribution in [3.8, 4) is 17.2 Å². The molecule has 29 heavy (non-hydrogen) atoms. The lowest BCUT2D eigenvalue weighted by Crippen LogP contribution is -2.22. The molecule has 0 fully saturated rings. The average Bonchev–Trinajstić information content (AvgIpc) is 2.69. The van der Waals surface area contributed by atoms with Crippen molar-refractivity contribution in [3.05, 3.63) is 87.3 Å². The fraction of sp³-hybridized carbons (Fsp3) is 0.200. The molecular weight excluding hydrogens is 370 g/mol. The molecule has 0 bridgehead atoms. The van der Waals surface area contributed by atoms with Crippen molar-refractivity contribution in [3.63, 3.8) is 0 Å². The van der Waals surface area contributed by atoms with E-state index in [1.165, 1.54) is 12.1 Å². The molecule has 0 amide bonds. The zero-order valence-corrected chi connectivity index (χ0v) is 16.4. The molecule has 3 aromatic carbocycles. The van der Waals surface area contributed by atoms with E-state index in [1.54, 1.807) is 36.4 Å². The van der Waals surface area contributed by atoms with E-state index in [2.05, 4.69) is 0 Å². The van der Waals surface area contributed by atoms with E-state index in [4.69, 9.17) is 4.74 Å². The van der Waals surface area contributed by atoms with Crippen molar-refractivity contribution >= 4 is 11.6 Å². The van der Waals surface area contributed by atoms with Crippen LogP contribution in [0.3, 0.4) is 0 Å². The van der Waals surface area contributed by atoms with Crippen molar-refractivity contribution < 1.29 is 18.6 Å². The first-order valence-corrected chi connectivity index (χ1v) is 9.86. The van der Waals surface area contributed by atoms with Gasteiger partial charge >= 0.3 is 0 Å². The molecule has 1 aliphatic heterocycles. The molecule has 3 aromatic rings. The Labute approximate surface area is 168 Å². The maximum atomic E-state index is 14.7. The molecular formula is C25H22F2O2. The summed E-state index contributed by atoms with van der Waals surface area (Å²) in [6.45, 7) is 3.95. The average molecular weight is 392 g/mol. The van der Waals surface area contributed by atoms with Gasteiger partial charge in [-0.2, -0.15) is 0 Å². The Morgan fingerprint density at radius 2 is 1.69 bits per heavy atom. The molecule has 4 heteroatoms. The Balaban J connectivity index is 2.07. The molecule has 0 unspecified atom stereocenters. The van der Waals surface area contributed by atoms with E-state index in [0.29, 0.717) is 51.5 Å². The Hall–Kier alpha value is -3.14. The molecule has 148 valence electrons. The quantitative estimate of drug-likeness (QED) is 0.519. The SMILES string of the molecule is CC/C=c1/cc2c(cc1F)=C(c1ccc(O)cc1)c1cc(F)c(CCC)cc1O2. The van der Waals surface area contributed by atoms with Crippen molar-refractivity contribution in [1.82, 2.24) is 0 Å². The first-order valence-electron chi connectivity index (χ1n) is 9.86. The maximum absolute atomic E-state index is 14.7. The van der Waals surface area contributed by atoms with Gasteiger partial charge in [-0.3, -0.25) is 0 Å². The summed E-state index contributed by atoms with van der Waals surface area (Å²) in [7, 11) is 0. The van der Waals surface area contributed by atoms with Crippen molar-refractivity contribution in [2.45, 2.75) is 33.1 Å². The van der Waals surface area contributed by atoms with Crippen LogP contribution in [-0.4, -0.2) is 5.11 Å². The zero-order valence-electron chi connectivity index (χ0n) is 16.4. The summed E-state index contributed by atoms with van der Waals surface area (Å²) in [5.41, 5.74) is 2.61. The third kappa shape index (κ3) is 3.51. The third-order valence-corrected chi connectivity index (χ3v) is 5.11. The predicted molar refractivity (Wildman–Crippen MR) is 111 cm³/mol. The van der Waals surface area contributed by atoms with Crippen molar-refractivity contribution in [2.24, 2.45) is 0 Å². The number of phenols is 1. The number of ether oxygens (including phenoxy) is 1. The molecule has 0 spiro atoms. The van der Waals surface area contributed by atoms with Gasteiger partial charge in [0.15, 0.2) is 0 Å². The van der Waals surface area contributed by atoms with E-state index in [9.17, 15) is 13.9 Å². The number of aryl methyl sites for hydroxylation is 1. The molecule has 2 nitrogen and oxygen atoms in total. The van der Waals surface area contributed by atoms with Crippen LogP contribution in [0.25, 0.3) is 11.6 Å². The highest BCUT2D eigenvalue weighted by Crippen LogP contribution is 2.38. The van der Waals surface area contributed by atoms with Gasteiger partial charge in [-0.25, -0.2) is 8.78 Å². The van der Waals surface area contributed by atoms with Gasteiger partial charge in [0.1, 0.15) is 28.9 Å². The van der Waals surface area contributed by atoms with Gasteiger partial charge in [-0.15, -0.1) is 0 Å². The second-order valence-corrected chi connectivity index (χ2v) is 7.20. The third-order valence-electron chi connectivity index (χ3n) is 5.11. The summed E-state index contributed by atoms with van der Waals surface area (Å²) in [6.07, 6.45) is 3.94. The molecule has 0 radical (unpaired) electrons. The van der Waals surface area contributed by atoms with Crippen LogP contribution >= 0.6 is 0 Å². The van der Waals surface area contributed by atoms with Gasteiger partial charge in [0.2, 0.25) is 0 Å². The molecule has 1 aliphatic rings. The van der Waals surface area contributed by atoms with Gasteiger partial charge in [-0.05, 0) is 60.4 Å². The minimum atomic E-state index is -0.350.